The molecule has 0 fully saturated rings. The summed E-state index contributed by atoms with van der Waals surface area (Å²) in [5, 5.41) is 8.94. The quantitative estimate of drug-likeness (QED) is 0.868. The lowest BCUT2D eigenvalue weighted by atomic mass is 10.00. The van der Waals surface area contributed by atoms with E-state index >= 15 is 0 Å². The molecule has 1 rings (SSSR count). The third kappa shape index (κ3) is 2.13. The van der Waals surface area contributed by atoms with Gasteiger partial charge in [0.05, 0.1) is 12.7 Å². The first-order valence-corrected chi connectivity index (χ1v) is 4.58. The van der Waals surface area contributed by atoms with Gasteiger partial charge in [-0.05, 0) is 18.6 Å². The predicted molar refractivity (Wildman–Crippen MR) is 54.3 cm³/mol. The van der Waals surface area contributed by atoms with E-state index in [1.165, 1.54) is 26.2 Å². The van der Waals surface area contributed by atoms with Crippen LogP contribution in [0, 0.1) is 6.92 Å². The summed E-state index contributed by atoms with van der Waals surface area (Å²) in [5.74, 6) is -4.69. The molecule has 0 spiro atoms. The largest absolute Gasteiger partial charge is 0.495 e. The third-order valence-electron chi connectivity index (χ3n) is 2.26. The molecule has 0 aromatic heterocycles. The fourth-order valence-corrected chi connectivity index (χ4v) is 1.50. The SMILES string of the molecule is COc1c(C(C)(F)F)ccc(C)c1C(=O)O. The minimum atomic E-state index is -3.14. The van der Waals surface area contributed by atoms with Gasteiger partial charge in [0.1, 0.15) is 11.3 Å². The topological polar surface area (TPSA) is 46.5 Å². The second kappa shape index (κ2) is 4.08. The van der Waals surface area contributed by atoms with Gasteiger partial charge in [0, 0.05) is 6.92 Å². The molecule has 0 saturated carbocycles. The number of hydrogen-bond donors (Lipinski definition) is 1. The summed E-state index contributed by atoms with van der Waals surface area (Å²) in [6.45, 7) is 2.23. The number of alkyl halides is 2. The minimum absolute atomic E-state index is 0.221. The maximum Gasteiger partial charge on any atom is 0.339 e. The normalized spacial score (nSPS) is 11.3. The van der Waals surface area contributed by atoms with Crippen molar-refractivity contribution in [3.05, 3.63) is 28.8 Å². The lowest BCUT2D eigenvalue weighted by molar-refractivity contribution is 0.0149. The summed E-state index contributed by atoms with van der Waals surface area (Å²) in [4.78, 5) is 11.0. The lowest BCUT2D eigenvalue weighted by Crippen LogP contribution is -2.13. The molecule has 0 aliphatic heterocycles. The van der Waals surface area contributed by atoms with Crippen LogP contribution in [0.15, 0.2) is 12.1 Å². The van der Waals surface area contributed by atoms with E-state index in [2.05, 4.69) is 0 Å². The van der Waals surface area contributed by atoms with Crippen LogP contribution in [-0.4, -0.2) is 18.2 Å². The third-order valence-corrected chi connectivity index (χ3v) is 2.26. The zero-order valence-electron chi connectivity index (χ0n) is 9.17. The number of aryl methyl sites for hydroxylation is 1. The summed E-state index contributed by atoms with van der Waals surface area (Å²) >= 11 is 0. The number of ether oxygens (including phenoxy) is 1. The van der Waals surface area contributed by atoms with Gasteiger partial charge in [-0.1, -0.05) is 6.07 Å². The number of carboxylic acids is 1. The van der Waals surface area contributed by atoms with E-state index in [0.29, 0.717) is 12.5 Å². The van der Waals surface area contributed by atoms with E-state index in [4.69, 9.17) is 9.84 Å². The summed E-state index contributed by atoms with van der Waals surface area (Å²) in [5.41, 5.74) is -0.253. The van der Waals surface area contributed by atoms with E-state index in [9.17, 15) is 13.6 Å². The molecule has 0 aliphatic rings. The van der Waals surface area contributed by atoms with Crippen LogP contribution in [0.3, 0.4) is 0 Å². The van der Waals surface area contributed by atoms with Crippen molar-refractivity contribution >= 4 is 5.97 Å². The van der Waals surface area contributed by atoms with Crippen LogP contribution in [0.25, 0.3) is 0 Å². The molecule has 0 saturated heterocycles. The summed E-state index contributed by atoms with van der Waals surface area (Å²) in [6, 6.07) is 2.53. The van der Waals surface area contributed by atoms with Crippen molar-refractivity contribution in [2.24, 2.45) is 0 Å². The molecule has 0 aliphatic carbocycles. The molecule has 1 aromatic carbocycles. The Hall–Kier alpha value is -1.65. The zero-order valence-corrected chi connectivity index (χ0v) is 9.17. The average Bonchev–Trinajstić information content (AvgIpc) is 2.14. The Kier molecular flexibility index (Phi) is 3.16. The van der Waals surface area contributed by atoms with Crippen molar-refractivity contribution in [2.45, 2.75) is 19.8 Å². The molecular weight excluding hydrogens is 218 g/mol. The highest BCUT2D eigenvalue weighted by atomic mass is 19.3. The highest BCUT2D eigenvalue weighted by Gasteiger charge is 2.31. The molecule has 1 aromatic rings. The number of hydrogen-bond acceptors (Lipinski definition) is 2. The van der Waals surface area contributed by atoms with Crippen molar-refractivity contribution in [2.75, 3.05) is 7.11 Å². The van der Waals surface area contributed by atoms with Gasteiger partial charge in [-0.25, -0.2) is 13.6 Å². The number of carbonyl (C=O) groups is 1. The predicted octanol–water partition coefficient (Wildman–Crippen LogP) is 2.81. The van der Waals surface area contributed by atoms with Crippen LogP contribution in [0.4, 0.5) is 8.78 Å². The first kappa shape index (κ1) is 12.4. The molecule has 16 heavy (non-hydrogen) atoms. The minimum Gasteiger partial charge on any atom is -0.495 e. The van der Waals surface area contributed by atoms with Gasteiger partial charge in [0.15, 0.2) is 0 Å². The molecule has 0 bridgehead atoms. The molecule has 0 heterocycles. The van der Waals surface area contributed by atoms with Gasteiger partial charge in [-0.3, -0.25) is 0 Å². The van der Waals surface area contributed by atoms with Crippen LogP contribution in [0.1, 0.15) is 28.4 Å². The molecule has 5 heteroatoms. The number of aromatic carboxylic acids is 1. The monoisotopic (exact) mass is 230 g/mol. The van der Waals surface area contributed by atoms with Crippen LogP contribution >= 0.6 is 0 Å². The van der Waals surface area contributed by atoms with E-state index in [1.54, 1.807) is 0 Å². The van der Waals surface area contributed by atoms with Crippen molar-refractivity contribution in [1.82, 2.24) is 0 Å². The molecule has 1 N–H and O–H groups in total. The molecule has 0 unspecified atom stereocenters. The molecule has 0 atom stereocenters. The van der Waals surface area contributed by atoms with Gasteiger partial charge < -0.3 is 9.84 Å². The number of carboxylic acid groups (broad SMARTS) is 1. The fourth-order valence-electron chi connectivity index (χ4n) is 1.50. The van der Waals surface area contributed by atoms with Gasteiger partial charge in [-0.15, -0.1) is 0 Å². The number of rotatable bonds is 3. The lowest BCUT2D eigenvalue weighted by Gasteiger charge is -2.17. The summed E-state index contributed by atoms with van der Waals surface area (Å²) in [7, 11) is 1.18. The van der Waals surface area contributed by atoms with Crippen molar-refractivity contribution in [1.29, 1.82) is 0 Å². The van der Waals surface area contributed by atoms with E-state index in [0.717, 1.165) is 0 Å². The first-order chi connectivity index (χ1) is 7.29. The first-order valence-electron chi connectivity index (χ1n) is 4.58. The Balaban J connectivity index is 3.56. The highest BCUT2D eigenvalue weighted by molar-refractivity contribution is 5.93. The molecule has 88 valence electrons. The Bertz CT molecular complexity index is 422. The smallest absolute Gasteiger partial charge is 0.339 e. The molecule has 0 radical (unpaired) electrons. The van der Waals surface area contributed by atoms with Crippen molar-refractivity contribution in [3.8, 4) is 5.75 Å². The average molecular weight is 230 g/mol. The van der Waals surface area contributed by atoms with Gasteiger partial charge in [0.25, 0.3) is 5.92 Å². The second-order valence-electron chi connectivity index (χ2n) is 3.53. The molecule has 0 amide bonds. The number of methoxy groups -OCH3 is 1. The highest BCUT2D eigenvalue weighted by Crippen LogP contribution is 2.37. The Labute approximate surface area is 91.7 Å². The number of benzene rings is 1. The second-order valence-corrected chi connectivity index (χ2v) is 3.53. The summed E-state index contributed by atoms with van der Waals surface area (Å²) in [6.07, 6.45) is 0. The maximum absolute atomic E-state index is 13.2. The van der Waals surface area contributed by atoms with E-state index < -0.39 is 17.5 Å². The van der Waals surface area contributed by atoms with Crippen LogP contribution in [0.5, 0.6) is 5.75 Å². The number of halogens is 2. The van der Waals surface area contributed by atoms with Gasteiger partial charge in [-0.2, -0.15) is 0 Å². The van der Waals surface area contributed by atoms with Crippen LogP contribution in [0.2, 0.25) is 0 Å². The standard InChI is InChI=1S/C11H12F2O3/c1-6-4-5-7(11(2,12)13)9(16-3)8(6)10(14)15/h4-5H,1-3H3,(H,14,15). The Morgan fingerprint density at radius 3 is 2.38 bits per heavy atom. The van der Waals surface area contributed by atoms with Crippen molar-refractivity contribution in [3.63, 3.8) is 0 Å². The fraction of sp³-hybridized carbons (Fsp3) is 0.364. The van der Waals surface area contributed by atoms with Crippen molar-refractivity contribution < 1.29 is 23.4 Å². The van der Waals surface area contributed by atoms with Gasteiger partial charge >= 0.3 is 5.97 Å². The van der Waals surface area contributed by atoms with E-state index in [-0.39, 0.29) is 11.3 Å². The van der Waals surface area contributed by atoms with Gasteiger partial charge in [0.2, 0.25) is 0 Å². The molecular formula is C11H12F2O3. The van der Waals surface area contributed by atoms with Crippen LogP contribution < -0.4 is 4.74 Å². The Morgan fingerprint density at radius 2 is 2.00 bits per heavy atom. The van der Waals surface area contributed by atoms with E-state index in [1.807, 2.05) is 0 Å². The summed E-state index contributed by atoms with van der Waals surface area (Å²) < 4.78 is 31.2. The maximum atomic E-state index is 13.2. The zero-order chi connectivity index (χ0) is 12.5. The molecule has 3 nitrogen and oxygen atoms in total. The Morgan fingerprint density at radius 1 is 1.44 bits per heavy atom. The van der Waals surface area contributed by atoms with Crippen LogP contribution in [-0.2, 0) is 5.92 Å².